The molecule has 0 aromatic rings. The van der Waals surface area contributed by atoms with Gasteiger partial charge in [-0.1, -0.05) is 0 Å². The van der Waals surface area contributed by atoms with Crippen molar-refractivity contribution < 1.29 is 39.3 Å². The second-order valence-corrected chi connectivity index (χ2v) is 6.33. The van der Waals surface area contributed by atoms with E-state index in [1.54, 1.807) is 0 Å². The summed E-state index contributed by atoms with van der Waals surface area (Å²) in [7, 11) is 0. The monoisotopic (exact) mass is 422 g/mol. The van der Waals surface area contributed by atoms with Crippen LogP contribution in [0.1, 0.15) is 32.1 Å². The highest BCUT2D eigenvalue weighted by molar-refractivity contribution is 7.80. The third-order valence-electron chi connectivity index (χ3n) is 3.60. The number of nitrogens with one attached hydrogen (secondary N) is 3. The van der Waals surface area contributed by atoms with Crippen LogP contribution in [-0.4, -0.2) is 75.6 Å². The third-order valence-corrected chi connectivity index (χ3v) is 3.91. The van der Waals surface area contributed by atoms with Crippen LogP contribution in [0, 0.1) is 0 Å². The van der Waals surface area contributed by atoms with Crippen LogP contribution in [0.25, 0.3) is 0 Å². The number of nitrogens with two attached hydrogens (primary N) is 1. The highest BCUT2D eigenvalue weighted by atomic mass is 32.1. The Hall–Kier alpha value is -2.54. The second kappa shape index (κ2) is 13.6. The number of carbonyl (C=O) groups excluding carboxylic acids is 2. The van der Waals surface area contributed by atoms with Gasteiger partial charge in [0.2, 0.25) is 5.91 Å². The summed E-state index contributed by atoms with van der Waals surface area (Å²) in [5.74, 6) is -3.97. The molecule has 13 heteroatoms. The fraction of sp³-hybridized carbons (Fsp3) is 0.667. The van der Waals surface area contributed by atoms with E-state index >= 15 is 0 Å². The van der Waals surface area contributed by atoms with Gasteiger partial charge in [-0.2, -0.15) is 12.6 Å². The number of carboxylic acids is 3. The van der Waals surface area contributed by atoms with Gasteiger partial charge in [-0.25, -0.2) is 14.4 Å². The summed E-state index contributed by atoms with van der Waals surface area (Å²) in [4.78, 5) is 56.4. The number of amides is 3. The number of carboxylic acid groups (broad SMARTS) is 3. The maximum Gasteiger partial charge on any atom is 0.326 e. The normalized spacial score (nSPS) is 13.6. The predicted molar refractivity (Wildman–Crippen MR) is 100 cm³/mol. The van der Waals surface area contributed by atoms with Crippen LogP contribution in [-0.2, 0) is 19.2 Å². The number of hydrogen-bond donors (Lipinski definition) is 8. The van der Waals surface area contributed by atoms with Gasteiger partial charge in [0.1, 0.15) is 12.1 Å². The van der Waals surface area contributed by atoms with Crippen molar-refractivity contribution in [3.63, 3.8) is 0 Å². The van der Waals surface area contributed by atoms with Gasteiger partial charge in [0, 0.05) is 13.0 Å². The first-order chi connectivity index (χ1) is 13.1. The molecule has 0 saturated carbocycles. The summed E-state index contributed by atoms with van der Waals surface area (Å²) < 4.78 is 0. The molecular weight excluding hydrogens is 396 g/mol. The van der Waals surface area contributed by atoms with Gasteiger partial charge < -0.3 is 37.0 Å². The SMILES string of the molecule is N[C@@H](CCCS)C(=O)NCC[C@H](NC(=O)N[C@@H](CCC(=O)O)C(=O)O)C(=O)O. The number of aliphatic carboxylic acids is 3. The van der Waals surface area contributed by atoms with E-state index in [2.05, 4.69) is 23.3 Å². The lowest BCUT2D eigenvalue weighted by atomic mass is 10.1. The van der Waals surface area contributed by atoms with E-state index in [0.717, 1.165) is 0 Å². The van der Waals surface area contributed by atoms with Gasteiger partial charge in [-0.15, -0.1) is 0 Å². The molecule has 160 valence electrons. The molecule has 0 heterocycles. The van der Waals surface area contributed by atoms with E-state index in [1.807, 2.05) is 5.32 Å². The molecule has 0 rings (SSSR count). The average molecular weight is 422 g/mol. The molecule has 0 aromatic heterocycles. The molecule has 0 spiro atoms. The molecular formula is C15H26N4O8S. The van der Waals surface area contributed by atoms with Crippen molar-refractivity contribution in [1.29, 1.82) is 0 Å². The Labute approximate surface area is 166 Å². The quantitative estimate of drug-likeness (QED) is 0.155. The van der Waals surface area contributed by atoms with Gasteiger partial charge in [0.05, 0.1) is 6.04 Å². The van der Waals surface area contributed by atoms with Crippen molar-refractivity contribution in [3.8, 4) is 0 Å². The molecule has 0 saturated heterocycles. The molecule has 0 aliphatic carbocycles. The van der Waals surface area contributed by atoms with E-state index in [9.17, 15) is 24.0 Å². The molecule has 8 N–H and O–H groups in total. The van der Waals surface area contributed by atoms with Crippen molar-refractivity contribution in [1.82, 2.24) is 16.0 Å². The van der Waals surface area contributed by atoms with Crippen molar-refractivity contribution >= 4 is 42.5 Å². The highest BCUT2D eigenvalue weighted by Gasteiger charge is 2.25. The summed E-state index contributed by atoms with van der Waals surface area (Å²) >= 11 is 4.01. The van der Waals surface area contributed by atoms with Crippen LogP contribution in [0.2, 0.25) is 0 Å². The van der Waals surface area contributed by atoms with Crippen LogP contribution < -0.4 is 21.7 Å². The smallest absolute Gasteiger partial charge is 0.326 e. The Morgan fingerprint density at radius 3 is 1.89 bits per heavy atom. The first kappa shape index (κ1) is 25.5. The molecule has 3 atom stereocenters. The maximum absolute atomic E-state index is 11.8. The number of thiol groups is 1. The van der Waals surface area contributed by atoms with Crippen molar-refractivity contribution in [2.75, 3.05) is 12.3 Å². The molecule has 3 amide bonds. The van der Waals surface area contributed by atoms with Gasteiger partial charge >= 0.3 is 23.9 Å². The van der Waals surface area contributed by atoms with Crippen LogP contribution >= 0.6 is 12.6 Å². The molecule has 0 bridgehead atoms. The molecule has 0 unspecified atom stereocenters. The Balaban J connectivity index is 4.53. The Bertz CT molecular complexity index is 574. The van der Waals surface area contributed by atoms with Crippen LogP contribution in [0.15, 0.2) is 0 Å². The fourth-order valence-corrected chi connectivity index (χ4v) is 2.24. The highest BCUT2D eigenvalue weighted by Crippen LogP contribution is 2.00. The summed E-state index contributed by atoms with van der Waals surface area (Å²) in [6.45, 7) is -0.0774. The second-order valence-electron chi connectivity index (χ2n) is 5.88. The maximum atomic E-state index is 11.8. The lowest BCUT2D eigenvalue weighted by Gasteiger charge is -2.19. The van der Waals surface area contributed by atoms with Gasteiger partial charge in [0.25, 0.3) is 0 Å². The van der Waals surface area contributed by atoms with E-state index in [0.29, 0.717) is 18.6 Å². The molecule has 0 aliphatic rings. The Morgan fingerprint density at radius 2 is 1.43 bits per heavy atom. The van der Waals surface area contributed by atoms with Gasteiger partial charge in [-0.05, 0) is 31.4 Å². The zero-order chi connectivity index (χ0) is 21.7. The minimum absolute atomic E-state index is 0.0774. The van der Waals surface area contributed by atoms with Crippen LogP contribution in [0.5, 0.6) is 0 Å². The number of carbonyl (C=O) groups is 5. The van der Waals surface area contributed by atoms with E-state index in [4.69, 9.17) is 21.1 Å². The summed E-state index contributed by atoms with van der Waals surface area (Å²) in [5.41, 5.74) is 5.65. The Morgan fingerprint density at radius 1 is 0.893 bits per heavy atom. The van der Waals surface area contributed by atoms with Crippen molar-refractivity contribution in [2.24, 2.45) is 5.73 Å². The Kier molecular flexibility index (Phi) is 12.4. The third kappa shape index (κ3) is 11.2. The predicted octanol–water partition coefficient (Wildman–Crippen LogP) is -1.40. The first-order valence-corrected chi connectivity index (χ1v) is 9.10. The standard InChI is InChI=1S/C15H26N4O8S/c16-8(2-1-7-28)12(22)17-6-5-10(14(25)26)19-15(27)18-9(13(23)24)3-4-11(20)21/h8-10,28H,1-7,16H2,(H,17,22)(H,20,21)(H,23,24)(H,25,26)(H2,18,19,27)/t8-,9-,10-/m0/s1. The number of urea groups is 1. The summed E-state index contributed by atoms with van der Waals surface area (Å²) in [6, 6.07) is -4.72. The minimum atomic E-state index is -1.49. The lowest BCUT2D eigenvalue weighted by Crippen LogP contribution is -2.52. The molecule has 0 aromatic carbocycles. The lowest BCUT2D eigenvalue weighted by molar-refractivity contribution is -0.140. The average Bonchev–Trinajstić information content (AvgIpc) is 2.61. The molecule has 0 aliphatic heterocycles. The van der Waals surface area contributed by atoms with Gasteiger partial charge in [0.15, 0.2) is 0 Å². The molecule has 28 heavy (non-hydrogen) atoms. The zero-order valence-electron chi connectivity index (χ0n) is 15.1. The topological polar surface area (TPSA) is 208 Å². The van der Waals surface area contributed by atoms with Crippen molar-refractivity contribution in [3.05, 3.63) is 0 Å². The molecule has 12 nitrogen and oxygen atoms in total. The van der Waals surface area contributed by atoms with E-state index < -0.39 is 54.4 Å². The zero-order valence-corrected chi connectivity index (χ0v) is 16.0. The van der Waals surface area contributed by atoms with E-state index in [-0.39, 0.29) is 19.4 Å². The first-order valence-electron chi connectivity index (χ1n) is 8.47. The van der Waals surface area contributed by atoms with Crippen molar-refractivity contribution in [2.45, 2.75) is 50.2 Å². The molecule has 0 fully saturated rings. The van der Waals surface area contributed by atoms with E-state index in [1.165, 1.54) is 0 Å². The minimum Gasteiger partial charge on any atom is -0.481 e. The number of hydrogen-bond acceptors (Lipinski definition) is 7. The van der Waals surface area contributed by atoms with Gasteiger partial charge in [-0.3, -0.25) is 9.59 Å². The summed E-state index contributed by atoms with van der Waals surface area (Å²) in [5, 5.41) is 33.2. The fourth-order valence-electron chi connectivity index (χ4n) is 2.05. The molecule has 0 radical (unpaired) electrons. The van der Waals surface area contributed by atoms with Crippen LogP contribution in [0.4, 0.5) is 4.79 Å². The summed E-state index contributed by atoms with van der Waals surface area (Å²) in [6.07, 6.45) is 0.0465. The largest absolute Gasteiger partial charge is 0.481 e. The number of rotatable bonds is 14. The van der Waals surface area contributed by atoms with Crippen LogP contribution in [0.3, 0.4) is 0 Å².